The molecule has 1 aliphatic heterocycles. The second-order valence-corrected chi connectivity index (χ2v) is 14.1. The zero-order valence-corrected chi connectivity index (χ0v) is 24.9. The highest BCUT2D eigenvalue weighted by Crippen LogP contribution is 2.60. The van der Waals surface area contributed by atoms with Crippen molar-refractivity contribution >= 4 is 49.8 Å². The Morgan fingerprint density at radius 1 is 1.12 bits per heavy atom. The van der Waals surface area contributed by atoms with Gasteiger partial charge in [-0.2, -0.15) is 21.6 Å². The van der Waals surface area contributed by atoms with Crippen molar-refractivity contribution < 1.29 is 44.8 Å². The summed E-state index contributed by atoms with van der Waals surface area (Å²) >= 11 is 6.67. The van der Waals surface area contributed by atoms with Crippen LogP contribution in [0.4, 0.5) is 24.5 Å². The Balaban J connectivity index is 1.90. The Morgan fingerprint density at radius 3 is 2.33 bits per heavy atom. The minimum atomic E-state index is -6.14. The van der Waals surface area contributed by atoms with Gasteiger partial charge in [0.05, 0.1) is 15.6 Å². The number of para-hydroxylation sites is 1. The molecule has 3 N–H and O–H groups in total. The Morgan fingerprint density at radius 2 is 1.76 bits per heavy atom. The van der Waals surface area contributed by atoms with E-state index in [1.807, 2.05) is 49.1 Å². The largest absolute Gasteiger partial charge is 0.534 e. The zero-order chi connectivity index (χ0) is 31.2. The highest BCUT2D eigenvalue weighted by molar-refractivity contribution is 8.22. The van der Waals surface area contributed by atoms with E-state index in [1.165, 1.54) is 16.4 Å². The molecule has 0 aliphatic carbocycles. The summed E-state index contributed by atoms with van der Waals surface area (Å²) in [6.07, 6.45) is 0.633. The first-order valence-electron chi connectivity index (χ1n) is 12.5. The van der Waals surface area contributed by atoms with Gasteiger partial charge in [-0.3, -0.25) is 9.11 Å². The molecule has 0 bridgehead atoms. The lowest BCUT2D eigenvalue weighted by Crippen LogP contribution is -2.40. The normalized spacial score (nSPS) is 18.3. The lowest BCUT2D eigenvalue weighted by Gasteiger charge is -2.43. The summed E-state index contributed by atoms with van der Waals surface area (Å²) in [5.41, 5.74) is -5.29. The van der Waals surface area contributed by atoms with Crippen molar-refractivity contribution in [2.45, 2.75) is 36.7 Å². The van der Waals surface area contributed by atoms with Crippen molar-refractivity contribution in [2.75, 3.05) is 18.5 Å². The molecule has 228 valence electrons. The average molecular weight is 649 g/mol. The molecule has 0 saturated carbocycles. The van der Waals surface area contributed by atoms with E-state index in [1.54, 1.807) is 7.05 Å². The summed E-state index contributed by atoms with van der Waals surface area (Å²) in [5.74, 6) is -2.59. The maximum Gasteiger partial charge on any atom is 0.534 e. The number of halogens is 4. The van der Waals surface area contributed by atoms with Gasteiger partial charge in [0.25, 0.3) is 0 Å². The van der Waals surface area contributed by atoms with Crippen molar-refractivity contribution in [3.63, 3.8) is 0 Å². The maximum absolute atomic E-state index is 12.9. The number of benzene rings is 3. The van der Waals surface area contributed by atoms with E-state index in [4.69, 9.17) is 11.6 Å². The van der Waals surface area contributed by atoms with Gasteiger partial charge >= 0.3 is 21.6 Å². The molecule has 1 aliphatic rings. The number of rotatable bonds is 7. The molecule has 0 saturated heterocycles. The van der Waals surface area contributed by atoms with E-state index in [9.17, 15) is 40.6 Å². The van der Waals surface area contributed by atoms with Crippen LogP contribution in [0.25, 0.3) is 11.1 Å². The third-order valence-corrected chi connectivity index (χ3v) is 10.1. The van der Waals surface area contributed by atoms with Crippen LogP contribution in [-0.2, 0) is 10.1 Å². The fourth-order valence-electron chi connectivity index (χ4n) is 4.70. The highest BCUT2D eigenvalue weighted by atomic mass is 35.5. The van der Waals surface area contributed by atoms with E-state index >= 15 is 0 Å². The summed E-state index contributed by atoms with van der Waals surface area (Å²) in [4.78, 5) is 13.9. The molecule has 0 amide bonds. The van der Waals surface area contributed by atoms with Gasteiger partial charge in [0.2, 0.25) is 0 Å². The molecule has 3 aromatic carbocycles. The molecular weight excluding hydrogens is 621 g/mol. The van der Waals surface area contributed by atoms with E-state index in [0.29, 0.717) is 18.7 Å². The van der Waals surface area contributed by atoms with E-state index in [0.717, 1.165) is 23.9 Å². The summed E-state index contributed by atoms with van der Waals surface area (Å²) < 4.78 is 90.4. The number of fused-ring (bicyclic) bond motifs is 1. The predicted octanol–water partition coefficient (Wildman–Crippen LogP) is 7.46. The third kappa shape index (κ3) is 6.19. The van der Waals surface area contributed by atoms with Crippen LogP contribution in [0.3, 0.4) is 0 Å². The second kappa shape index (κ2) is 11.6. The molecule has 1 unspecified atom stereocenters. The first kappa shape index (κ1) is 31.9. The minimum Gasteiger partial charge on any atom is -0.478 e. The molecule has 9 nitrogen and oxygen atoms in total. The molecule has 15 heteroatoms. The molecular formula is C27H28ClF3N2O7S2. The van der Waals surface area contributed by atoms with Crippen LogP contribution in [0.2, 0.25) is 5.02 Å². The maximum atomic E-state index is 12.9. The van der Waals surface area contributed by atoms with E-state index < -0.39 is 43.7 Å². The predicted molar refractivity (Wildman–Crippen MR) is 155 cm³/mol. The Labute approximate surface area is 247 Å². The van der Waals surface area contributed by atoms with E-state index in [2.05, 4.69) is 4.18 Å². The molecule has 4 rings (SSSR count). The van der Waals surface area contributed by atoms with Crippen molar-refractivity contribution in [3.8, 4) is 16.9 Å². The zero-order valence-electron chi connectivity index (χ0n) is 22.5. The number of carbonyl (C=O) groups is 1. The molecule has 1 heterocycles. The Kier molecular flexibility index (Phi) is 8.80. The fourth-order valence-corrected chi connectivity index (χ4v) is 7.05. The van der Waals surface area contributed by atoms with Crippen LogP contribution in [-0.4, -0.2) is 58.0 Å². The van der Waals surface area contributed by atoms with Crippen LogP contribution in [0, 0.1) is 5.92 Å². The quantitative estimate of drug-likeness (QED) is 0.177. The fraction of sp³-hybridized carbons (Fsp3) is 0.296. The molecule has 0 radical (unpaired) electrons. The first-order valence-corrected chi connectivity index (χ1v) is 15.8. The number of likely N-dealkylation sites (N-methyl/N-ethyl adjacent to an activating group) is 1. The first-order chi connectivity index (χ1) is 19.4. The van der Waals surface area contributed by atoms with Gasteiger partial charge in [0, 0.05) is 30.9 Å². The molecule has 3 aromatic rings. The number of hydrogen-bond donors (Lipinski definition) is 3. The topological polar surface area (TPSA) is 128 Å². The van der Waals surface area contributed by atoms with Crippen molar-refractivity contribution in [2.24, 2.45) is 5.92 Å². The monoisotopic (exact) mass is 648 g/mol. The number of anilines is 2. The summed E-state index contributed by atoms with van der Waals surface area (Å²) in [5, 5.41) is 9.71. The van der Waals surface area contributed by atoms with Gasteiger partial charge in [0.15, 0.2) is 5.75 Å². The molecule has 42 heavy (non-hydrogen) atoms. The van der Waals surface area contributed by atoms with Crippen LogP contribution in [0.15, 0.2) is 65.6 Å². The Bertz CT molecular complexity index is 1600. The number of aromatic carboxylic acids is 1. The second-order valence-electron chi connectivity index (χ2n) is 10.1. The molecule has 0 spiro atoms. The van der Waals surface area contributed by atoms with Crippen LogP contribution < -0.4 is 9.08 Å². The van der Waals surface area contributed by atoms with E-state index in [-0.39, 0.29) is 33.0 Å². The summed E-state index contributed by atoms with van der Waals surface area (Å²) in [7, 11) is -8.17. The number of carboxylic acids is 1. The van der Waals surface area contributed by atoms with Gasteiger partial charge in [-0.25, -0.2) is 9.10 Å². The van der Waals surface area contributed by atoms with Crippen LogP contribution >= 0.6 is 22.4 Å². The van der Waals surface area contributed by atoms with Crippen molar-refractivity contribution in [1.29, 1.82) is 0 Å². The van der Waals surface area contributed by atoms with Gasteiger partial charge in [0.1, 0.15) is 5.56 Å². The molecule has 0 aromatic heterocycles. The number of alkyl halides is 3. The van der Waals surface area contributed by atoms with Crippen molar-refractivity contribution in [1.82, 2.24) is 4.31 Å². The lowest BCUT2D eigenvalue weighted by atomic mass is 10.0. The standard InChI is InChI=1S/C27H28ClF3N2O7S2/c1-16(2)11-19-15-33(18-7-5-4-6-8-18)23-14-22(28)20(13-25(23)41(36,37)32(19)3)17-9-10-24(21(12-17)26(34)35)40-42(38,39)27(29,30)31/h4-10,12-14,16,19,36-37H,11,15H2,1-3H3,(H,34,35). The summed E-state index contributed by atoms with van der Waals surface area (Å²) in [6.45, 7) is 4.43. The molecule has 0 fully saturated rings. The Hall–Kier alpha value is -3.01. The molecule has 1 atom stereocenters. The van der Waals surface area contributed by atoms with Gasteiger partial charge < -0.3 is 14.2 Å². The van der Waals surface area contributed by atoms with Crippen molar-refractivity contribution in [3.05, 3.63) is 71.2 Å². The smallest absolute Gasteiger partial charge is 0.478 e. The van der Waals surface area contributed by atoms with Crippen LogP contribution in [0.5, 0.6) is 5.75 Å². The summed E-state index contributed by atoms with van der Waals surface area (Å²) in [6, 6.07) is 14.7. The third-order valence-electron chi connectivity index (χ3n) is 6.76. The minimum absolute atomic E-state index is 0.0593. The van der Waals surface area contributed by atoms with Crippen LogP contribution in [0.1, 0.15) is 30.6 Å². The van der Waals surface area contributed by atoms with Gasteiger partial charge in [-0.1, -0.05) is 49.7 Å². The highest BCUT2D eigenvalue weighted by Gasteiger charge is 2.49. The van der Waals surface area contributed by atoms with Gasteiger partial charge in [-0.15, -0.1) is 10.8 Å². The number of hydrogen-bond acceptors (Lipinski definition) is 8. The number of nitrogens with zero attached hydrogens (tertiary/aromatic N) is 2. The van der Waals surface area contributed by atoms with Gasteiger partial charge in [-0.05, 0) is 54.3 Å². The lowest BCUT2D eigenvalue weighted by molar-refractivity contribution is -0.0500. The average Bonchev–Trinajstić information content (AvgIpc) is 2.96. The SMILES string of the molecule is CC(C)CC1CN(c2ccccc2)c2cc(Cl)c(-c3ccc(OS(=O)(=O)C(F)(F)F)c(C(=O)O)c3)cc2S(O)(O)N1C. The number of carboxylic acid groups (broad SMARTS) is 1.